The van der Waals surface area contributed by atoms with E-state index in [2.05, 4.69) is 28.8 Å². The molecule has 2 aromatic carbocycles. The summed E-state index contributed by atoms with van der Waals surface area (Å²) >= 11 is 0. The highest BCUT2D eigenvalue weighted by Gasteiger charge is 2.24. The van der Waals surface area contributed by atoms with Crippen molar-refractivity contribution in [2.45, 2.75) is 6.04 Å². The molecular formula is C14H14N2O. The van der Waals surface area contributed by atoms with Gasteiger partial charge in [0, 0.05) is 13.1 Å². The van der Waals surface area contributed by atoms with E-state index in [0.717, 1.165) is 17.5 Å². The second kappa shape index (κ2) is 4.18. The Balaban J connectivity index is 2.13. The van der Waals surface area contributed by atoms with Gasteiger partial charge >= 0.3 is 0 Å². The van der Waals surface area contributed by atoms with E-state index in [9.17, 15) is 4.79 Å². The molecular weight excluding hydrogens is 212 g/mol. The predicted molar refractivity (Wildman–Crippen MR) is 67.7 cm³/mol. The van der Waals surface area contributed by atoms with Gasteiger partial charge in [0.05, 0.1) is 0 Å². The minimum absolute atomic E-state index is 0.0626. The lowest BCUT2D eigenvalue weighted by atomic mass is 9.97. The van der Waals surface area contributed by atoms with Gasteiger partial charge in [0.1, 0.15) is 6.04 Å². The predicted octanol–water partition coefficient (Wildman–Crippen LogP) is 1.60. The maximum absolute atomic E-state index is 11.9. The highest BCUT2D eigenvalue weighted by atomic mass is 16.2. The average Bonchev–Trinajstić information content (AvgIpc) is 2.39. The maximum atomic E-state index is 11.9. The summed E-state index contributed by atoms with van der Waals surface area (Å²) in [6, 6.07) is 14.0. The fraction of sp³-hybridized carbons (Fsp3) is 0.214. The number of carbonyl (C=O) groups is 1. The van der Waals surface area contributed by atoms with Gasteiger partial charge in [0.2, 0.25) is 5.91 Å². The van der Waals surface area contributed by atoms with E-state index >= 15 is 0 Å². The van der Waals surface area contributed by atoms with Crippen LogP contribution in [0.4, 0.5) is 0 Å². The van der Waals surface area contributed by atoms with Gasteiger partial charge in [0.15, 0.2) is 0 Å². The molecule has 3 rings (SSSR count). The van der Waals surface area contributed by atoms with Crippen LogP contribution in [0, 0.1) is 0 Å². The number of hydrogen-bond acceptors (Lipinski definition) is 2. The summed E-state index contributed by atoms with van der Waals surface area (Å²) in [5.41, 5.74) is 1.06. The summed E-state index contributed by atoms with van der Waals surface area (Å²) in [6.45, 7) is 1.53. The quantitative estimate of drug-likeness (QED) is 0.775. The van der Waals surface area contributed by atoms with Gasteiger partial charge in [-0.3, -0.25) is 4.79 Å². The third-order valence-electron chi connectivity index (χ3n) is 3.17. The van der Waals surface area contributed by atoms with E-state index in [-0.39, 0.29) is 11.9 Å². The van der Waals surface area contributed by atoms with Crippen LogP contribution >= 0.6 is 0 Å². The van der Waals surface area contributed by atoms with Crippen molar-refractivity contribution in [2.24, 2.45) is 0 Å². The lowest BCUT2D eigenvalue weighted by molar-refractivity contribution is -0.124. The number of piperazine rings is 1. The Kier molecular flexibility index (Phi) is 2.53. The molecule has 1 aliphatic rings. The average molecular weight is 226 g/mol. The number of nitrogens with one attached hydrogen (secondary N) is 2. The molecule has 1 unspecified atom stereocenters. The fourth-order valence-electron chi connectivity index (χ4n) is 2.35. The van der Waals surface area contributed by atoms with E-state index < -0.39 is 0 Å². The molecule has 0 aromatic heterocycles. The van der Waals surface area contributed by atoms with Crippen LogP contribution in [0.25, 0.3) is 10.8 Å². The Hall–Kier alpha value is -1.87. The highest BCUT2D eigenvalue weighted by Crippen LogP contribution is 2.25. The first-order valence-electron chi connectivity index (χ1n) is 5.85. The smallest absolute Gasteiger partial charge is 0.241 e. The summed E-state index contributed by atoms with van der Waals surface area (Å²) < 4.78 is 0. The molecule has 2 aromatic rings. The Morgan fingerprint density at radius 2 is 1.82 bits per heavy atom. The number of amides is 1. The van der Waals surface area contributed by atoms with Gasteiger partial charge in [-0.25, -0.2) is 0 Å². The highest BCUT2D eigenvalue weighted by molar-refractivity contribution is 5.93. The Morgan fingerprint density at radius 1 is 1.00 bits per heavy atom. The summed E-state index contributed by atoms with van der Waals surface area (Å²) in [7, 11) is 0. The second-order valence-corrected chi connectivity index (χ2v) is 4.25. The van der Waals surface area contributed by atoms with Crippen LogP contribution in [0.15, 0.2) is 42.5 Å². The zero-order chi connectivity index (χ0) is 11.7. The first kappa shape index (κ1) is 10.3. The zero-order valence-electron chi connectivity index (χ0n) is 9.44. The van der Waals surface area contributed by atoms with Crippen LogP contribution in [-0.4, -0.2) is 19.0 Å². The van der Waals surface area contributed by atoms with Crippen LogP contribution in [-0.2, 0) is 4.79 Å². The monoisotopic (exact) mass is 226 g/mol. The molecule has 2 N–H and O–H groups in total. The van der Waals surface area contributed by atoms with Crippen LogP contribution in [0.2, 0.25) is 0 Å². The van der Waals surface area contributed by atoms with Crippen LogP contribution < -0.4 is 10.6 Å². The Bertz CT molecular complexity index is 560. The molecule has 86 valence electrons. The molecule has 1 heterocycles. The van der Waals surface area contributed by atoms with Crippen molar-refractivity contribution in [3.05, 3.63) is 48.0 Å². The van der Waals surface area contributed by atoms with Crippen molar-refractivity contribution in [3.63, 3.8) is 0 Å². The molecule has 0 radical (unpaired) electrons. The normalized spacial score (nSPS) is 20.2. The summed E-state index contributed by atoms with van der Waals surface area (Å²) in [6.07, 6.45) is 0. The SMILES string of the molecule is O=C1NCCNC1c1cccc2ccccc12. The first-order valence-corrected chi connectivity index (χ1v) is 5.85. The molecule has 0 saturated carbocycles. The number of carbonyl (C=O) groups excluding carboxylic acids is 1. The van der Waals surface area contributed by atoms with Gasteiger partial charge < -0.3 is 10.6 Å². The van der Waals surface area contributed by atoms with E-state index in [1.165, 1.54) is 5.39 Å². The van der Waals surface area contributed by atoms with Gasteiger partial charge in [-0.2, -0.15) is 0 Å². The molecule has 3 nitrogen and oxygen atoms in total. The number of hydrogen-bond donors (Lipinski definition) is 2. The van der Waals surface area contributed by atoms with E-state index in [4.69, 9.17) is 0 Å². The first-order chi connectivity index (χ1) is 8.36. The summed E-state index contributed by atoms with van der Waals surface area (Å²) in [4.78, 5) is 11.9. The Labute approximate surface area is 99.8 Å². The second-order valence-electron chi connectivity index (χ2n) is 4.25. The molecule has 0 aliphatic carbocycles. The molecule has 3 heteroatoms. The lowest BCUT2D eigenvalue weighted by Gasteiger charge is -2.24. The fourth-order valence-corrected chi connectivity index (χ4v) is 2.35. The number of rotatable bonds is 1. The van der Waals surface area contributed by atoms with Gasteiger partial charge in [-0.05, 0) is 16.3 Å². The third kappa shape index (κ3) is 1.78. The molecule has 1 saturated heterocycles. The zero-order valence-corrected chi connectivity index (χ0v) is 9.44. The van der Waals surface area contributed by atoms with Crippen molar-refractivity contribution in [1.82, 2.24) is 10.6 Å². The molecule has 1 atom stereocenters. The molecule has 0 bridgehead atoms. The Morgan fingerprint density at radius 3 is 2.71 bits per heavy atom. The summed E-state index contributed by atoms with van der Waals surface area (Å²) in [5.74, 6) is 0.0626. The molecule has 0 spiro atoms. The topological polar surface area (TPSA) is 41.1 Å². The van der Waals surface area contributed by atoms with E-state index in [1.54, 1.807) is 0 Å². The lowest BCUT2D eigenvalue weighted by Crippen LogP contribution is -2.47. The minimum atomic E-state index is -0.227. The molecule has 1 amide bonds. The van der Waals surface area contributed by atoms with Crippen molar-refractivity contribution in [3.8, 4) is 0 Å². The van der Waals surface area contributed by atoms with Crippen LogP contribution in [0.3, 0.4) is 0 Å². The number of benzene rings is 2. The third-order valence-corrected chi connectivity index (χ3v) is 3.17. The van der Waals surface area contributed by atoms with Gasteiger partial charge in [-0.15, -0.1) is 0 Å². The summed E-state index contributed by atoms with van der Waals surface area (Å²) in [5, 5.41) is 8.47. The van der Waals surface area contributed by atoms with E-state index in [1.807, 2.05) is 24.3 Å². The standard InChI is InChI=1S/C14H14N2O/c17-14-13(15-8-9-16-14)12-7-3-5-10-4-1-2-6-11(10)12/h1-7,13,15H,8-9H2,(H,16,17). The van der Waals surface area contributed by atoms with Crippen molar-refractivity contribution in [2.75, 3.05) is 13.1 Å². The van der Waals surface area contributed by atoms with Crippen LogP contribution in [0.1, 0.15) is 11.6 Å². The van der Waals surface area contributed by atoms with E-state index in [0.29, 0.717) is 6.54 Å². The van der Waals surface area contributed by atoms with Gasteiger partial charge in [-0.1, -0.05) is 42.5 Å². The van der Waals surface area contributed by atoms with Gasteiger partial charge in [0.25, 0.3) is 0 Å². The van der Waals surface area contributed by atoms with Crippen molar-refractivity contribution in [1.29, 1.82) is 0 Å². The van der Waals surface area contributed by atoms with Crippen LogP contribution in [0.5, 0.6) is 0 Å². The number of fused-ring (bicyclic) bond motifs is 1. The largest absolute Gasteiger partial charge is 0.353 e. The van der Waals surface area contributed by atoms with Crippen molar-refractivity contribution < 1.29 is 4.79 Å². The van der Waals surface area contributed by atoms with Crippen molar-refractivity contribution >= 4 is 16.7 Å². The minimum Gasteiger partial charge on any atom is -0.353 e. The molecule has 1 aliphatic heterocycles. The molecule has 17 heavy (non-hydrogen) atoms. The molecule has 1 fully saturated rings. The maximum Gasteiger partial charge on any atom is 0.241 e.